The second-order valence-corrected chi connectivity index (χ2v) is 6.79. The van der Waals surface area contributed by atoms with Crippen molar-refractivity contribution in [1.29, 1.82) is 0 Å². The number of amides is 1. The predicted molar refractivity (Wildman–Crippen MR) is 117 cm³/mol. The number of fused-ring (bicyclic) bond motifs is 1. The average Bonchev–Trinajstić information content (AvgIpc) is 2.71. The molecule has 1 aromatic carbocycles. The molecule has 1 aliphatic rings. The van der Waals surface area contributed by atoms with E-state index in [4.69, 9.17) is 4.74 Å². The minimum Gasteiger partial charge on any atom is -0.410 e. The van der Waals surface area contributed by atoms with E-state index in [1.807, 2.05) is 0 Å². The van der Waals surface area contributed by atoms with E-state index in [1.54, 1.807) is 38.4 Å². The van der Waals surface area contributed by atoms with Gasteiger partial charge in [-0.25, -0.2) is 19.2 Å². The molecule has 2 rings (SSSR count). The molecule has 0 unspecified atom stereocenters. The van der Waals surface area contributed by atoms with E-state index >= 15 is 0 Å². The molecule has 170 valence electrons. The maximum Gasteiger partial charge on any atom is 0.415 e. The molecule has 1 heterocycles. The fraction of sp³-hybridized carbons (Fsp3) is 0.261. The highest BCUT2D eigenvalue weighted by Crippen LogP contribution is 2.32. The van der Waals surface area contributed by atoms with Crippen molar-refractivity contribution >= 4 is 23.7 Å². The number of amidine groups is 1. The summed E-state index contributed by atoms with van der Waals surface area (Å²) in [5, 5.41) is 0. The Hall–Kier alpha value is -3.49. The Morgan fingerprint density at radius 1 is 1.28 bits per heavy atom. The molecule has 0 atom stereocenters. The van der Waals surface area contributed by atoms with Crippen molar-refractivity contribution in [2.45, 2.75) is 33.5 Å². The molecule has 0 saturated heterocycles. The molecule has 0 saturated carbocycles. The molecule has 0 aliphatic carbocycles. The van der Waals surface area contributed by atoms with Gasteiger partial charge in [0.25, 0.3) is 0 Å². The SMILES string of the molecule is C=C(F)/C(=C\C=C(/C)C(F)(F)F)c1ccc2c(c1)CN(CC(/N=C\C)=N/C=C/C)C(=O)O2. The van der Waals surface area contributed by atoms with Gasteiger partial charge in [-0.2, -0.15) is 13.2 Å². The van der Waals surface area contributed by atoms with Crippen LogP contribution < -0.4 is 4.74 Å². The number of aliphatic imine (C=N–C) groups is 2. The lowest BCUT2D eigenvalue weighted by Crippen LogP contribution is -2.40. The Morgan fingerprint density at radius 2 is 2.00 bits per heavy atom. The molecule has 0 N–H and O–H groups in total. The normalized spacial score (nSPS) is 16.0. The van der Waals surface area contributed by atoms with Gasteiger partial charge in [0.1, 0.15) is 17.4 Å². The number of allylic oxidation sites excluding steroid dienone is 6. The van der Waals surface area contributed by atoms with Gasteiger partial charge in [-0.3, -0.25) is 4.90 Å². The number of carbonyl (C=O) groups excluding carboxylic acids is 1. The Labute approximate surface area is 183 Å². The zero-order chi connectivity index (χ0) is 23.9. The summed E-state index contributed by atoms with van der Waals surface area (Å²) in [6.07, 6.45) is 1.51. The Balaban J connectivity index is 2.37. The quantitative estimate of drug-likeness (QED) is 0.218. The molecule has 5 nitrogen and oxygen atoms in total. The summed E-state index contributed by atoms with van der Waals surface area (Å²) >= 11 is 0. The zero-order valence-electron chi connectivity index (χ0n) is 17.9. The first kappa shape index (κ1) is 24.8. The smallest absolute Gasteiger partial charge is 0.410 e. The highest BCUT2D eigenvalue weighted by molar-refractivity contribution is 5.93. The minimum atomic E-state index is -4.52. The van der Waals surface area contributed by atoms with Gasteiger partial charge in [0.05, 0.1) is 13.1 Å². The minimum absolute atomic E-state index is 0.0726. The van der Waals surface area contributed by atoms with Gasteiger partial charge < -0.3 is 4.74 Å². The summed E-state index contributed by atoms with van der Waals surface area (Å²) in [7, 11) is 0. The van der Waals surface area contributed by atoms with Crippen molar-refractivity contribution in [2.75, 3.05) is 6.54 Å². The first-order valence-corrected chi connectivity index (χ1v) is 9.64. The number of hydrogen-bond acceptors (Lipinski definition) is 3. The van der Waals surface area contributed by atoms with Crippen molar-refractivity contribution in [1.82, 2.24) is 4.90 Å². The van der Waals surface area contributed by atoms with Gasteiger partial charge in [0, 0.05) is 29.1 Å². The Bertz CT molecular complexity index is 1030. The first-order chi connectivity index (χ1) is 15.1. The summed E-state index contributed by atoms with van der Waals surface area (Å²) in [5.41, 5.74) is -0.129. The van der Waals surface area contributed by atoms with Crippen molar-refractivity contribution in [3.8, 4) is 5.75 Å². The van der Waals surface area contributed by atoms with Crippen molar-refractivity contribution < 1.29 is 27.1 Å². The third-order valence-corrected chi connectivity index (χ3v) is 4.41. The Kier molecular flexibility index (Phi) is 8.28. The molecule has 1 amide bonds. The van der Waals surface area contributed by atoms with Crippen LogP contribution in [0.15, 0.2) is 70.6 Å². The van der Waals surface area contributed by atoms with E-state index < -0.39 is 23.7 Å². The maximum atomic E-state index is 14.0. The lowest BCUT2D eigenvalue weighted by atomic mass is 10.00. The lowest BCUT2D eigenvalue weighted by Gasteiger charge is -2.28. The second-order valence-electron chi connectivity index (χ2n) is 6.79. The number of hydrogen-bond donors (Lipinski definition) is 0. The van der Waals surface area contributed by atoms with Crippen LogP contribution in [0.25, 0.3) is 5.57 Å². The number of nitrogens with zero attached hydrogens (tertiary/aromatic N) is 3. The van der Waals surface area contributed by atoms with E-state index in [0.717, 1.165) is 19.1 Å². The van der Waals surface area contributed by atoms with Gasteiger partial charge in [-0.05, 0) is 38.5 Å². The van der Waals surface area contributed by atoms with Crippen molar-refractivity contribution in [3.63, 3.8) is 0 Å². The molecule has 0 spiro atoms. The molecular formula is C23H23F4N3O2. The number of halogens is 4. The number of alkyl halides is 3. The van der Waals surface area contributed by atoms with Gasteiger partial charge in [0.2, 0.25) is 0 Å². The molecule has 0 fully saturated rings. The van der Waals surface area contributed by atoms with Crippen molar-refractivity contribution in [3.05, 3.63) is 71.7 Å². The largest absolute Gasteiger partial charge is 0.415 e. The van der Waals surface area contributed by atoms with Crippen LogP contribution in [0.4, 0.5) is 22.4 Å². The van der Waals surface area contributed by atoms with Crippen molar-refractivity contribution in [2.24, 2.45) is 9.98 Å². The number of benzene rings is 1. The van der Waals surface area contributed by atoms with Crippen LogP contribution in [-0.4, -0.2) is 35.8 Å². The summed E-state index contributed by atoms with van der Waals surface area (Å²) in [5.74, 6) is -0.224. The average molecular weight is 449 g/mol. The monoisotopic (exact) mass is 449 g/mol. The number of rotatable bonds is 6. The highest BCUT2D eigenvalue weighted by Gasteiger charge is 2.29. The summed E-state index contributed by atoms with van der Waals surface area (Å²) in [4.78, 5) is 22.0. The molecule has 0 bridgehead atoms. The molecular weight excluding hydrogens is 426 g/mol. The lowest BCUT2D eigenvalue weighted by molar-refractivity contribution is -0.0913. The topological polar surface area (TPSA) is 54.3 Å². The van der Waals surface area contributed by atoms with Crippen LogP contribution >= 0.6 is 0 Å². The second kappa shape index (κ2) is 10.7. The molecule has 0 radical (unpaired) electrons. The third kappa shape index (κ3) is 6.50. The van der Waals surface area contributed by atoms with E-state index in [0.29, 0.717) is 17.0 Å². The fourth-order valence-corrected chi connectivity index (χ4v) is 2.76. The predicted octanol–water partition coefficient (Wildman–Crippen LogP) is 6.40. The highest BCUT2D eigenvalue weighted by atomic mass is 19.4. The summed E-state index contributed by atoms with van der Waals surface area (Å²) < 4.78 is 57.6. The van der Waals surface area contributed by atoms with Crippen LogP contribution in [0.3, 0.4) is 0 Å². The molecule has 32 heavy (non-hydrogen) atoms. The van der Waals surface area contributed by atoms with Crippen LogP contribution in [0.1, 0.15) is 31.9 Å². The maximum absolute atomic E-state index is 14.0. The van der Waals surface area contributed by atoms with E-state index in [2.05, 4.69) is 16.6 Å². The molecule has 1 aromatic rings. The molecule has 0 aromatic heterocycles. The van der Waals surface area contributed by atoms with Crippen LogP contribution in [0.2, 0.25) is 0 Å². The van der Waals surface area contributed by atoms with E-state index in [-0.39, 0.29) is 24.4 Å². The third-order valence-electron chi connectivity index (χ3n) is 4.41. The summed E-state index contributed by atoms with van der Waals surface area (Å²) in [6, 6.07) is 4.47. The van der Waals surface area contributed by atoms with Crippen LogP contribution in [0, 0.1) is 0 Å². The zero-order valence-corrected chi connectivity index (χ0v) is 17.9. The molecule has 9 heteroatoms. The van der Waals surface area contributed by atoms with Gasteiger partial charge in [0.15, 0.2) is 0 Å². The number of carbonyl (C=O) groups is 1. The first-order valence-electron chi connectivity index (χ1n) is 9.64. The summed E-state index contributed by atoms with van der Waals surface area (Å²) in [6.45, 7) is 7.82. The van der Waals surface area contributed by atoms with E-state index in [1.165, 1.54) is 17.0 Å². The molecule has 1 aliphatic heterocycles. The van der Waals surface area contributed by atoms with Crippen LogP contribution in [-0.2, 0) is 6.54 Å². The Morgan fingerprint density at radius 3 is 2.59 bits per heavy atom. The number of ether oxygens (including phenoxy) is 1. The van der Waals surface area contributed by atoms with Crippen LogP contribution in [0.5, 0.6) is 5.75 Å². The standard InChI is InChI=1S/C23H23F4N3O2/c1-5-11-29-21(28-6-2)14-30-13-18-12-17(8-10-20(18)32-22(30)31)19(16(4)24)9-7-15(3)23(25,26)27/h5-12H,4,13-14H2,1-3H3/b11-5+,15-7+,19-9+,28-6-,29-21-. The van der Waals surface area contributed by atoms with Gasteiger partial charge in [-0.15, -0.1) is 0 Å². The fourth-order valence-electron chi connectivity index (χ4n) is 2.76. The van der Waals surface area contributed by atoms with E-state index in [9.17, 15) is 22.4 Å². The van der Waals surface area contributed by atoms with Gasteiger partial charge >= 0.3 is 12.3 Å². The van der Waals surface area contributed by atoms with Gasteiger partial charge in [-0.1, -0.05) is 30.9 Å².